The number of benzene rings is 1. The molecule has 1 aromatic rings. The minimum Gasteiger partial charge on any atom is -0.383 e. The van der Waals surface area contributed by atoms with Gasteiger partial charge >= 0.3 is 0 Å². The third-order valence-corrected chi connectivity index (χ3v) is 4.46. The quantitative estimate of drug-likeness (QED) is 0.721. The van der Waals surface area contributed by atoms with Crippen molar-refractivity contribution in [3.63, 3.8) is 0 Å². The Bertz CT molecular complexity index is 602. The molecule has 0 aromatic heterocycles. The average Bonchev–Trinajstić information content (AvgIpc) is 2.58. The number of carbonyl (C=O) groups excluding carboxylic acids is 2. The maximum atomic E-state index is 12.3. The van der Waals surface area contributed by atoms with Crippen LogP contribution in [0.15, 0.2) is 18.2 Å². The second kappa shape index (κ2) is 12.2. The predicted octanol–water partition coefficient (Wildman–Crippen LogP) is 1.20. The molecule has 2 amide bonds. The number of halogens is 2. The third kappa shape index (κ3) is 7.27. The van der Waals surface area contributed by atoms with Gasteiger partial charge in [0.25, 0.3) is 0 Å². The lowest BCUT2D eigenvalue weighted by Crippen LogP contribution is -2.55. The maximum Gasteiger partial charge on any atom is 0.241 e. The zero-order valence-electron chi connectivity index (χ0n) is 16.1. The molecule has 1 fully saturated rings. The van der Waals surface area contributed by atoms with Gasteiger partial charge in [-0.05, 0) is 25.0 Å². The van der Waals surface area contributed by atoms with Crippen LogP contribution < -0.4 is 11.1 Å². The molecule has 2 rings (SSSR count). The summed E-state index contributed by atoms with van der Waals surface area (Å²) in [6.07, 6.45) is 0. The highest BCUT2D eigenvalue weighted by Crippen LogP contribution is 2.19. The monoisotopic (exact) mass is 420 g/mol. The van der Waals surface area contributed by atoms with Crippen LogP contribution in [0.4, 0.5) is 5.69 Å². The van der Waals surface area contributed by atoms with E-state index in [4.69, 9.17) is 10.5 Å². The molecule has 7 nitrogen and oxygen atoms in total. The van der Waals surface area contributed by atoms with Crippen LogP contribution in [0.1, 0.15) is 11.1 Å². The lowest BCUT2D eigenvalue weighted by atomic mass is 10.1. The summed E-state index contributed by atoms with van der Waals surface area (Å²) in [6, 6.07) is 5.32. The Kier molecular flexibility index (Phi) is 11.5. The Balaban J connectivity index is 0.00000338. The molecule has 1 heterocycles. The first kappa shape index (κ1) is 25.6. The molecular weight excluding hydrogens is 391 g/mol. The van der Waals surface area contributed by atoms with E-state index < -0.39 is 6.04 Å². The highest BCUT2D eigenvalue weighted by atomic mass is 35.5. The van der Waals surface area contributed by atoms with E-state index in [0.717, 1.165) is 16.8 Å². The number of para-hydroxylation sites is 1. The highest BCUT2D eigenvalue weighted by molar-refractivity contribution is 5.93. The molecule has 1 aliphatic heterocycles. The number of amides is 2. The largest absolute Gasteiger partial charge is 0.383 e. The lowest BCUT2D eigenvalue weighted by Gasteiger charge is -2.35. The number of ether oxygens (including phenoxy) is 1. The fourth-order valence-corrected chi connectivity index (χ4v) is 3.01. The van der Waals surface area contributed by atoms with Crippen molar-refractivity contribution in [1.29, 1.82) is 0 Å². The van der Waals surface area contributed by atoms with Gasteiger partial charge in [0.15, 0.2) is 0 Å². The van der Waals surface area contributed by atoms with E-state index in [1.165, 1.54) is 7.11 Å². The van der Waals surface area contributed by atoms with Crippen LogP contribution in [0.2, 0.25) is 0 Å². The van der Waals surface area contributed by atoms with E-state index in [2.05, 4.69) is 10.2 Å². The molecular formula is C18H30Cl2N4O3. The van der Waals surface area contributed by atoms with Gasteiger partial charge in [-0.1, -0.05) is 18.2 Å². The summed E-state index contributed by atoms with van der Waals surface area (Å²) < 4.78 is 4.93. The first-order chi connectivity index (χ1) is 11.9. The molecule has 3 N–H and O–H groups in total. The Morgan fingerprint density at radius 2 is 1.70 bits per heavy atom. The van der Waals surface area contributed by atoms with Gasteiger partial charge in [-0.2, -0.15) is 0 Å². The van der Waals surface area contributed by atoms with Crippen molar-refractivity contribution >= 4 is 42.3 Å². The van der Waals surface area contributed by atoms with Crippen LogP contribution >= 0.6 is 24.8 Å². The Hall–Kier alpha value is -1.38. The Labute approximate surface area is 173 Å². The zero-order valence-corrected chi connectivity index (χ0v) is 17.7. The molecule has 9 heteroatoms. The molecule has 0 saturated carbocycles. The molecule has 1 saturated heterocycles. The Morgan fingerprint density at radius 3 is 2.22 bits per heavy atom. The molecule has 0 spiro atoms. The molecule has 0 aliphatic carbocycles. The van der Waals surface area contributed by atoms with Crippen LogP contribution in [0.5, 0.6) is 0 Å². The minimum atomic E-state index is -0.621. The van der Waals surface area contributed by atoms with Crippen molar-refractivity contribution in [2.45, 2.75) is 19.9 Å². The molecule has 154 valence electrons. The lowest BCUT2D eigenvalue weighted by molar-refractivity contribution is -0.135. The van der Waals surface area contributed by atoms with E-state index >= 15 is 0 Å². The van der Waals surface area contributed by atoms with Gasteiger partial charge in [0.05, 0.1) is 13.2 Å². The van der Waals surface area contributed by atoms with E-state index in [1.807, 2.05) is 32.0 Å². The minimum absolute atomic E-state index is 0. The number of aryl methyl sites for hydroxylation is 2. The van der Waals surface area contributed by atoms with Gasteiger partial charge in [-0.15, -0.1) is 24.8 Å². The molecule has 0 radical (unpaired) electrons. The SMILES string of the molecule is COCC(N)C(=O)N1CCN(CC(=O)Nc2c(C)cccc2C)CC1.Cl.Cl. The number of nitrogens with one attached hydrogen (secondary N) is 1. The van der Waals surface area contributed by atoms with Gasteiger partial charge in [0.2, 0.25) is 11.8 Å². The van der Waals surface area contributed by atoms with Gasteiger partial charge in [-0.3, -0.25) is 14.5 Å². The third-order valence-electron chi connectivity index (χ3n) is 4.46. The topological polar surface area (TPSA) is 87.9 Å². The smallest absolute Gasteiger partial charge is 0.241 e. The average molecular weight is 421 g/mol. The second-order valence-corrected chi connectivity index (χ2v) is 6.48. The molecule has 1 atom stereocenters. The van der Waals surface area contributed by atoms with E-state index in [0.29, 0.717) is 32.7 Å². The van der Waals surface area contributed by atoms with Gasteiger partial charge < -0.3 is 20.7 Å². The Morgan fingerprint density at radius 1 is 1.15 bits per heavy atom. The number of anilines is 1. The summed E-state index contributed by atoms with van der Waals surface area (Å²) in [7, 11) is 1.53. The van der Waals surface area contributed by atoms with Gasteiger partial charge in [-0.25, -0.2) is 0 Å². The number of piperazine rings is 1. The summed E-state index contributed by atoms with van der Waals surface area (Å²) in [5, 5.41) is 3.00. The zero-order chi connectivity index (χ0) is 18.4. The number of hydrogen-bond donors (Lipinski definition) is 2. The standard InChI is InChI=1S/C18H28N4O3.2ClH/c1-13-5-4-6-14(2)17(13)20-16(23)11-21-7-9-22(10-8-21)18(24)15(19)12-25-3;;/h4-6,15H,7-12,19H2,1-3H3,(H,20,23);2*1H. The summed E-state index contributed by atoms with van der Waals surface area (Å²) >= 11 is 0. The summed E-state index contributed by atoms with van der Waals surface area (Å²) in [6.45, 7) is 6.97. The fraction of sp³-hybridized carbons (Fsp3) is 0.556. The number of carbonyl (C=O) groups is 2. The van der Waals surface area contributed by atoms with Crippen molar-refractivity contribution < 1.29 is 14.3 Å². The number of nitrogens with two attached hydrogens (primary N) is 1. The normalized spacial score (nSPS) is 15.3. The van der Waals surface area contributed by atoms with E-state index in [-0.39, 0.29) is 43.2 Å². The summed E-state index contributed by atoms with van der Waals surface area (Å²) in [4.78, 5) is 28.3. The predicted molar refractivity (Wildman–Crippen MR) is 112 cm³/mol. The molecule has 1 aliphatic rings. The van der Waals surface area contributed by atoms with Crippen molar-refractivity contribution in [2.24, 2.45) is 5.73 Å². The molecule has 27 heavy (non-hydrogen) atoms. The molecule has 1 aromatic carbocycles. The van der Waals surface area contributed by atoms with Gasteiger partial charge in [0, 0.05) is 39.0 Å². The van der Waals surface area contributed by atoms with Gasteiger partial charge in [0.1, 0.15) is 6.04 Å². The fourth-order valence-electron chi connectivity index (χ4n) is 3.01. The molecule has 0 bridgehead atoms. The van der Waals surface area contributed by atoms with E-state index in [1.54, 1.807) is 4.90 Å². The first-order valence-corrected chi connectivity index (χ1v) is 8.54. The highest BCUT2D eigenvalue weighted by Gasteiger charge is 2.26. The first-order valence-electron chi connectivity index (χ1n) is 8.54. The van der Waals surface area contributed by atoms with Crippen molar-refractivity contribution in [2.75, 3.05) is 51.8 Å². The van der Waals surface area contributed by atoms with Crippen LogP contribution in [0, 0.1) is 13.8 Å². The van der Waals surface area contributed by atoms with Crippen LogP contribution in [-0.4, -0.2) is 74.1 Å². The van der Waals surface area contributed by atoms with Crippen LogP contribution in [0.3, 0.4) is 0 Å². The number of rotatable bonds is 6. The van der Waals surface area contributed by atoms with Crippen LogP contribution in [-0.2, 0) is 14.3 Å². The van der Waals surface area contributed by atoms with Crippen molar-refractivity contribution in [1.82, 2.24) is 9.80 Å². The molecule has 1 unspecified atom stereocenters. The number of nitrogens with zero attached hydrogens (tertiary/aromatic N) is 2. The second-order valence-electron chi connectivity index (χ2n) is 6.48. The number of hydrogen-bond acceptors (Lipinski definition) is 5. The van der Waals surface area contributed by atoms with Crippen LogP contribution in [0.25, 0.3) is 0 Å². The van der Waals surface area contributed by atoms with Crippen molar-refractivity contribution in [3.8, 4) is 0 Å². The summed E-state index contributed by atoms with van der Waals surface area (Å²) in [5.74, 6) is -0.130. The maximum absolute atomic E-state index is 12.3. The van der Waals surface area contributed by atoms with Crippen molar-refractivity contribution in [3.05, 3.63) is 29.3 Å². The van der Waals surface area contributed by atoms with E-state index in [9.17, 15) is 9.59 Å². The number of methoxy groups -OCH3 is 1. The summed E-state index contributed by atoms with van der Waals surface area (Å²) in [5.41, 5.74) is 8.78.